The van der Waals surface area contributed by atoms with Gasteiger partial charge in [-0.15, -0.1) is 0 Å². The lowest BCUT2D eigenvalue weighted by molar-refractivity contribution is -0.119. The first-order valence-corrected chi connectivity index (χ1v) is 9.01. The second kappa shape index (κ2) is 4.83. The normalized spacial score (nSPS) is 44.6. The third-order valence-corrected chi connectivity index (χ3v) is 7.40. The fourth-order valence-electron chi connectivity index (χ4n) is 6.37. The van der Waals surface area contributed by atoms with Crippen LogP contribution < -0.4 is 0 Å². The Morgan fingerprint density at radius 2 is 1.95 bits per heavy atom. The van der Waals surface area contributed by atoms with E-state index in [-0.39, 0.29) is 0 Å². The van der Waals surface area contributed by atoms with Gasteiger partial charge in [-0.05, 0) is 75.0 Å². The molecule has 4 aliphatic carbocycles. The van der Waals surface area contributed by atoms with Crippen molar-refractivity contribution >= 4 is 5.78 Å². The predicted octanol–water partition coefficient (Wildman–Crippen LogP) is 5.22. The number of hydrogen-bond acceptors (Lipinski definition) is 1. The first-order valence-electron chi connectivity index (χ1n) is 9.01. The Morgan fingerprint density at radius 1 is 1.10 bits per heavy atom. The van der Waals surface area contributed by atoms with Gasteiger partial charge in [0.15, 0.2) is 0 Å². The molecule has 0 aromatic carbocycles. The molecule has 4 aliphatic rings. The number of carbonyl (C=O) groups is 1. The van der Waals surface area contributed by atoms with Crippen LogP contribution in [0.1, 0.15) is 71.6 Å². The molecule has 0 N–H and O–H groups in total. The largest absolute Gasteiger partial charge is 0.299 e. The van der Waals surface area contributed by atoms with E-state index in [9.17, 15) is 4.79 Å². The Labute approximate surface area is 128 Å². The summed E-state index contributed by atoms with van der Waals surface area (Å²) in [5.74, 6) is 3.14. The number of carbonyl (C=O) groups excluding carboxylic acids is 1. The average Bonchev–Trinajstić information content (AvgIpc) is 2.83. The van der Waals surface area contributed by atoms with Gasteiger partial charge in [0.1, 0.15) is 5.78 Å². The first kappa shape index (κ1) is 13.8. The van der Waals surface area contributed by atoms with Gasteiger partial charge in [-0.25, -0.2) is 0 Å². The van der Waals surface area contributed by atoms with E-state index in [2.05, 4.69) is 19.9 Å². The molecule has 0 aromatic rings. The van der Waals surface area contributed by atoms with Crippen LogP contribution in [0, 0.1) is 23.2 Å². The van der Waals surface area contributed by atoms with Gasteiger partial charge >= 0.3 is 0 Å². The molecule has 4 atom stereocenters. The van der Waals surface area contributed by atoms with E-state index >= 15 is 0 Å². The average molecular weight is 284 g/mol. The van der Waals surface area contributed by atoms with Crippen LogP contribution in [0.4, 0.5) is 0 Å². The Hall–Kier alpha value is -0.850. The molecule has 21 heavy (non-hydrogen) atoms. The topological polar surface area (TPSA) is 17.1 Å². The molecule has 3 unspecified atom stereocenters. The van der Waals surface area contributed by atoms with Crippen LogP contribution in [0.2, 0.25) is 0 Å². The van der Waals surface area contributed by atoms with Crippen molar-refractivity contribution in [3.63, 3.8) is 0 Å². The van der Waals surface area contributed by atoms with E-state index < -0.39 is 0 Å². The summed E-state index contributed by atoms with van der Waals surface area (Å²) < 4.78 is 0. The molecule has 0 amide bonds. The second-order valence-corrected chi connectivity index (χ2v) is 8.07. The third kappa shape index (κ3) is 1.92. The Kier molecular flexibility index (Phi) is 3.17. The summed E-state index contributed by atoms with van der Waals surface area (Å²) in [5.41, 5.74) is 5.53. The van der Waals surface area contributed by atoms with Gasteiger partial charge in [-0.3, -0.25) is 4.79 Å². The van der Waals surface area contributed by atoms with Gasteiger partial charge < -0.3 is 0 Å². The molecule has 4 rings (SSSR count). The van der Waals surface area contributed by atoms with Gasteiger partial charge in [-0.2, -0.15) is 0 Å². The van der Waals surface area contributed by atoms with Crippen molar-refractivity contribution in [2.45, 2.75) is 71.6 Å². The lowest BCUT2D eigenvalue weighted by atomic mass is 9.54. The monoisotopic (exact) mass is 284 g/mol. The number of hydrogen-bond donors (Lipinski definition) is 0. The molecule has 2 fully saturated rings. The van der Waals surface area contributed by atoms with Crippen molar-refractivity contribution in [2.75, 3.05) is 0 Å². The quantitative estimate of drug-likeness (QED) is 0.557. The molecule has 0 radical (unpaired) electrons. The molecule has 2 saturated carbocycles. The fourth-order valence-corrected chi connectivity index (χ4v) is 6.37. The van der Waals surface area contributed by atoms with Gasteiger partial charge in [0, 0.05) is 12.8 Å². The zero-order chi connectivity index (χ0) is 14.6. The maximum absolute atomic E-state index is 11.8. The highest BCUT2D eigenvalue weighted by atomic mass is 16.1. The molecule has 114 valence electrons. The van der Waals surface area contributed by atoms with Crippen molar-refractivity contribution in [2.24, 2.45) is 23.2 Å². The standard InChI is InChI=1S/C20H28O/c1-3-14-5-9-19-18-7-4-13-12-15(21)6-8-16(13)17(18)10-11-20(14,19)2/h3,17-19H,4-12H2,1-2H3/b14-3-/t17?,18?,19?,20-/m1/s1. The van der Waals surface area contributed by atoms with Gasteiger partial charge in [0.2, 0.25) is 0 Å². The summed E-state index contributed by atoms with van der Waals surface area (Å²) in [4.78, 5) is 11.8. The second-order valence-electron chi connectivity index (χ2n) is 8.07. The van der Waals surface area contributed by atoms with Gasteiger partial charge in [0.25, 0.3) is 0 Å². The van der Waals surface area contributed by atoms with Crippen molar-refractivity contribution in [3.05, 3.63) is 22.8 Å². The summed E-state index contributed by atoms with van der Waals surface area (Å²) in [6, 6.07) is 0. The first-order chi connectivity index (χ1) is 10.1. The number of rotatable bonds is 0. The van der Waals surface area contributed by atoms with Crippen LogP contribution in [-0.2, 0) is 4.79 Å². The predicted molar refractivity (Wildman–Crippen MR) is 85.9 cm³/mol. The van der Waals surface area contributed by atoms with Crippen molar-refractivity contribution in [1.29, 1.82) is 0 Å². The Bertz CT molecular complexity index is 538. The molecule has 1 heteroatoms. The summed E-state index contributed by atoms with van der Waals surface area (Å²) in [5, 5.41) is 0. The number of ketones is 1. The third-order valence-electron chi connectivity index (χ3n) is 7.40. The molecular weight excluding hydrogens is 256 g/mol. The van der Waals surface area contributed by atoms with E-state index in [0.717, 1.165) is 37.0 Å². The molecule has 0 heterocycles. The highest BCUT2D eigenvalue weighted by Crippen LogP contribution is 2.62. The Morgan fingerprint density at radius 3 is 2.76 bits per heavy atom. The zero-order valence-electron chi connectivity index (χ0n) is 13.6. The smallest absolute Gasteiger partial charge is 0.137 e. The van der Waals surface area contributed by atoms with Gasteiger partial charge in [-0.1, -0.05) is 29.7 Å². The molecule has 0 bridgehead atoms. The lowest BCUT2D eigenvalue weighted by Crippen LogP contribution is -2.42. The van der Waals surface area contributed by atoms with E-state index in [1.165, 1.54) is 38.5 Å². The van der Waals surface area contributed by atoms with Crippen LogP contribution in [0.5, 0.6) is 0 Å². The summed E-state index contributed by atoms with van der Waals surface area (Å²) in [6.07, 6.45) is 13.2. The number of fused-ring (bicyclic) bond motifs is 4. The fraction of sp³-hybridized carbons (Fsp3) is 0.750. The lowest BCUT2D eigenvalue weighted by Gasteiger charge is -2.51. The van der Waals surface area contributed by atoms with Crippen molar-refractivity contribution < 1.29 is 4.79 Å². The summed E-state index contributed by atoms with van der Waals surface area (Å²) in [7, 11) is 0. The minimum atomic E-state index is 0.491. The zero-order valence-corrected chi connectivity index (χ0v) is 13.6. The van der Waals surface area contributed by atoms with E-state index in [4.69, 9.17) is 0 Å². The number of Topliss-reactive ketones (excluding diaryl/α,β-unsaturated/α-hetero) is 1. The maximum Gasteiger partial charge on any atom is 0.137 e. The number of allylic oxidation sites excluding steroid dienone is 4. The summed E-state index contributed by atoms with van der Waals surface area (Å²) in [6.45, 7) is 4.79. The SMILES string of the molecule is C/C=C1/CCC2C3CCC4=C(CCC(=O)C4)C3CC[C@]12C. The molecule has 1 nitrogen and oxygen atoms in total. The molecule has 0 aromatic heterocycles. The molecule has 0 aliphatic heterocycles. The highest BCUT2D eigenvalue weighted by Gasteiger charge is 2.52. The Balaban J connectivity index is 1.66. The van der Waals surface area contributed by atoms with Crippen LogP contribution in [0.15, 0.2) is 22.8 Å². The molecule has 0 saturated heterocycles. The molecular formula is C20H28O. The minimum absolute atomic E-state index is 0.491. The van der Waals surface area contributed by atoms with Crippen LogP contribution in [0.25, 0.3) is 0 Å². The molecule has 0 spiro atoms. The summed E-state index contributed by atoms with van der Waals surface area (Å²) >= 11 is 0. The van der Waals surface area contributed by atoms with Crippen LogP contribution in [0.3, 0.4) is 0 Å². The van der Waals surface area contributed by atoms with E-state index in [1.54, 1.807) is 16.7 Å². The van der Waals surface area contributed by atoms with Crippen LogP contribution in [-0.4, -0.2) is 5.78 Å². The van der Waals surface area contributed by atoms with E-state index in [0.29, 0.717) is 11.2 Å². The van der Waals surface area contributed by atoms with Crippen LogP contribution >= 0.6 is 0 Å². The maximum atomic E-state index is 11.8. The van der Waals surface area contributed by atoms with Crippen molar-refractivity contribution in [1.82, 2.24) is 0 Å². The highest BCUT2D eigenvalue weighted by molar-refractivity contribution is 5.82. The van der Waals surface area contributed by atoms with Gasteiger partial charge in [0.05, 0.1) is 0 Å². The van der Waals surface area contributed by atoms with Crippen molar-refractivity contribution in [3.8, 4) is 0 Å². The van der Waals surface area contributed by atoms with E-state index in [1.807, 2.05) is 0 Å². The minimum Gasteiger partial charge on any atom is -0.299 e.